The Morgan fingerprint density at radius 3 is 2.93 bits per heavy atom. The molecule has 1 unspecified atom stereocenters. The topological polar surface area (TPSA) is 67.8 Å². The second-order valence-electron chi connectivity index (χ2n) is 7.10. The van der Waals surface area contributed by atoms with Crippen LogP contribution in [0.5, 0.6) is 5.75 Å². The lowest BCUT2D eigenvalue weighted by atomic mass is 10.1. The van der Waals surface area contributed by atoms with E-state index in [1.54, 1.807) is 12.3 Å². The lowest BCUT2D eigenvalue weighted by Gasteiger charge is -2.17. The first-order chi connectivity index (χ1) is 14.1. The first kappa shape index (κ1) is 21.4. The molecule has 1 fully saturated rings. The molecule has 2 heterocycles. The van der Waals surface area contributed by atoms with Gasteiger partial charge in [-0.25, -0.2) is 9.98 Å². The van der Waals surface area contributed by atoms with Crippen LogP contribution in [-0.4, -0.2) is 36.8 Å². The van der Waals surface area contributed by atoms with E-state index in [1.165, 1.54) is 5.56 Å². The molecule has 7 heteroatoms. The molecule has 0 radical (unpaired) electrons. The molecular formula is C22H29ClN4O2. The summed E-state index contributed by atoms with van der Waals surface area (Å²) in [5.74, 6) is 1.64. The molecule has 0 aliphatic carbocycles. The van der Waals surface area contributed by atoms with Gasteiger partial charge in [-0.1, -0.05) is 29.8 Å². The number of pyridine rings is 1. The SMILES string of the molecule is CCNC(=NCc1ccc(Cl)nc1)NCc1ccc(C)cc1OCC1CCCO1. The average molecular weight is 417 g/mol. The number of aryl methyl sites for hydroxylation is 1. The van der Waals surface area contributed by atoms with Gasteiger partial charge in [-0.15, -0.1) is 0 Å². The summed E-state index contributed by atoms with van der Waals surface area (Å²) < 4.78 is 11.8. The third-order valence-corrected chi connectivity index (χ3v) is 4.89. The van der Waals surface area contributed by atoms with Crippen LogP contribution in [0.1, 0.15) is 36.5 Å². The molecule has 1 saturated heterocycles. The number of hydrogen-bond donors (Lipinski definition) is 2. The Kier molecular flexibility index (Phi) is 8.14. The summed E-state index contributed by atoms with van der Waals surface area (Å²) in [7, 11) is 0. The number of aliphatic imine (C=N–C) groups is 1. The Morgan fingerprint density at radius 1 is 1.31 bits per heavy atom. The van der Waals surface area contributed by atoms with Crippen LogP contribution in [0.15, 0.2) is 41.5 Å². The first-order valence-corrected chi connectivity index (χ1v) is 10.5. The number of halogens is 1. The van der Waals surface area contributed by atoms with Crippen LogP contribution in [0.25, 0.3) is 0 Å². The van der Waals surface area contributed by atoms with Gasteiger partial charge in [0.05, 0.1) is 12.6 Å². The van der Waals surface area contributed by atoms with Crippen LogP contribution >= 0.6 is 11.6 Å². The second-order valence-corrected chi connectivity index (χ2v) is 7.48. The van der Waals surface area contributed by atoms with Crippen molar-refractivity contribution in [2.45, 2.75) is 45.9 Å². The Labute approximate surface area is 177 Å². The molecule has 0 spiro atoms. The number of ether oxygens (including phenoxy) is 2. The van der Waals surface area contributed by atoms with Gasteiger partial charge in [0.25, 0.3) is 0 Å². The molecule has 29 heavy (non-hydrogen) atoms. The standard InChI is InChI=1S/C22H29ClN4O2/c1-3-24-22(26-13-17-7-9-21(23)25-12-17)27-14-18-8-6-16(2)11-20(18)29-15-19-5-4-10-28-19/h6-9,11-12,19H,3-5,10,13-15H2,1-2H3,(H2,24,26,27). The predicted molar refractivity (Wildman–Crippen MR) is 117 cm³/mol. The fraction of sp³-hybridized carbons (Fsp3) is 0.455. The van der Waals surface area contributed by atoms with Crippen molar-refractivity contribution in [3.63, 3.8) is 0 Å². The molecule has 1 aromatic heterocycles. The molecule has 2 aromatic rings. The van der Waals surface area contributed by atoms with E-state index >= 15 is 0 Å². The summed E-state index contributed by atoms with van der Waals surface area (Å²) in [4.78, 5) is 8.73. The van der Waals surface area contributed by atoms with E-state index in [1.807, 2.05) is 13.0 Å². The fourth-order valence-electron chi connectivity index (χ4n) is 3.09. The highest BCUT2D eigenvalue weighted by molar-refractivity contribution is 6.29. The second kappa shape index (κ2) is 11.0. The van der Waals surface area contributed by atoms with Crippen LogP contribution in [0.2, 0.25) is 5.15 Å². The van der Waals surface area contributed by atoms with Gasteiger partial charge in [0.15, 0.2) is 5.96 Å². The van der Waals surface area contributed by atoms with E-state index < -0.39 is 0 Å². The van der Waals surface area contributed by atoms with Crippen molar-refractivity contribution >= 4 is 17.6 Å². The quantitative estimate of drug-likeness (QED) is 0.388. The number of benzene rings is 1. The van der Waals surface area contributed by atoms with Crippen molar-refractivity contribution in [3.05, 3.63) is 58.4 Å². The first-order valence-electron chi connectivity index (χ1n) is 10.1. The van der Waals surface area contributed by atoms with E-state index in [2.05, 4.69) is 45.7 Å². The Bertz CT molecular complexity index is 805. The number of nitrogens with one attached hydrogen (secondary N) is 2. The Balaban J connectivity index is 1.62. The average Bonchev–Trinajstić information content (AvgIpc) is 3.24. The van der Waals surface area contributed by atoms with Gasteiger partial charge in [-0.3, -0.25) is 0 Å². The lowest BCUT2D eigenvalue weighted by Crippen LogP contribution is -2.36. The highest BCUT2D eigenvalue weighted by Crippen LogP contribution is 2.22. The monoisotopic (exact) mass is 416 g/mol. The molecular weight excluding hydrogens is 388 g/mol. The van der Waals surface area contributed by atoms with Gasteiger partial charge < -0.3 is 20.1 Å². The molecule has 1 aliphatic heterocycles. The van der Waals surface area contributed by atoms with Crippen molar-refractivity contribution in [2.24, 2.45) is 4.99 Å². The number of aromatic nitrogens is 1. The maximum atomic E-state index is 6.09. The molecule has 1 aliphatic rings. The minimum absolute atomic E-state index is 0.197. The molecule has 156 valence electrons. The van der Waals surface area contributed by atoms with Crippen molar-refractivity contribution in [3.8, 4) is 5.75 Å². The maximum absolute atomic E-state index is 6.09. The largest absolute Gasteiger partial charge is 0.491 e. The summed E-state index contributed by atoms with van der Waals surface area (Å²) in [6, 6.07) is 9.98. The third-order valence-electron chi connectivity index (χ3n) is 4.67. The van der Waals surface area contributed by atoms with Gasteiger partial charge >= 0.3 is 0 Å². The highest BCUT2D eigenvalue weighted by Gasteiger charge is 2.17. The number of nitrogens with zero attached hydrogens (tertiary/aromatic N) is 2. The van der Waals surface area contributed by atoms with Crippen LogP contribution in [-0.2, 0) is 17.8 Å². The van der Waals surface area contributed by atoms with Gasteiger partial charge in [0.1, 0.15) is 17.5 Å². The molecule has 2 N–H and O–H groups in total. The summed E-state index contributed by atoms with van der Waals surface area (Å²) in [6.45, 7) is 7.46. The van der Waals surface area contributed by atoms with Crippen molar-refractivity contribution in [2.75, 3.05) is 19.8 Å². The van der Waals surface area contributed by atoms with E-state index in [-0.39, 0.29) is 6.10 Å². The van der Waals surface area contributed by atoms with E-state index in [9.17, 15) is 0 Å². The number of guanidine groups is 1. The maximum Gasteiger partial charge on any atom is 0.191 e. The van der Waals surface area contributed by atoms with Crippen molar-refractivity contribution in [1.29, 1.82) is 0 Å². The van der Waals surface area contributed by atoms with Crippen LogP contribution in [0.3, 0.4) is 0 Å². The summed E-state index contributed by atoms with van der Waals surface area (Å²) >= 11 is 5.84. The van der Waals surface area contributed by atoms with Crippen LogP contribution < -0.4 is 15.4 Å². The van der Waals surface area contributed by atoms with Gasteiger partial charge in [-0.2, -0.15) is 0 Å². The summed E-state index contributed by atoms with van der Waals surface area (Å²) in [6.07, 6.45) is 4.12. The zero-order valence-electron chi connectivity index (χ0n) is 17.1. The Morgan fingerprint density at radius 2 is 2.21 bits per heavy atom. The minimum atomic E-state index is 0.197. The summed E-state index contributed by atoms with van der Waals surface area (Å²) in [5, 5.41) is 7.15. The lowest BCUT2D eigenvalue weighted by molar-refractivity contribution is 0.0676. The molecule has 0 bridgehead atoms. The van der Waals surface area contributed by atoms with Gasteiger partial charge in [0, 0.05) is 31.5 Å². The third kappa shape index (κ3) is 6.91. The van der Waals surface area contributed by atoms with Crippen LogP contribution in [0.4, 0.5) is 0 Å². The molecule has 0 amide bonds. The van der Waals surface area contributed by atoms with Crippen molar-refractivity contribution < 1.29 is 9.47 Å². The molecule has 6 nitrogen and oxygen atoms in total. The molecule has 1 atom stereocenters. The Hall–Kier alpha value is -2.31. The number of hydrogen-bond acceptors (Lipinski definition) is 4. The van der Waals surface area contributed by atoms with E-state index in [0.29, 0.717) is 24.8 Å². The zero-order valence-corrected chi connectivity index (χ0v) is 17.8. The summed E-state index contributed by atoms with van der Waals surface area (Å²) in [5.41, 5.74) is 3.27. The van der Waals surface area contributed by atoms with E-state index in [4.69, 9.17) is 21.1 Å². The van der Waals surface area contributed by atoms with Crippen molar-refractivity contribution in [1.82, 2.24) is 15.6 Å². The molecule has 1 aromatic carbocycles. The predicted octanol–water partition coefficient (Wildman–Crippen LogP) is 3.86. The molecule has 0 saturated carbocycles. The smallest absolute Gasteiger partial charge is 0.191 e. The fourth-order valence-corrected chi connectivity index (χ4v) is 3.20. The van der Waals surface area contributed by atoms with Gasteiger partial charge in [-0.05, 0) is 49.9 Å². The highest BCUT2D eigenvalue weighted by atomic mass is 35.5. The van der Waals surface area contributed by atoms with E-state index in [0.717, 1.165) is 48.8 Å². The number of rotatable bonds is 8. The van der Waals surface area contributed by atoms with Crippen LogP contribution in [0, 0.1) is 6.92 Å². The molecule has 3 rings (SSSR count). The normalized spacial score (nSPS) is 16.7. The minimum Gasteiger partial charge on any atom is -0.491 e. The van der Waals surface area contributed by atoms with Gasteiger partial charge in [0.2, 0.25) is 0 Å². The zero-order chi connectivity index (χ0) is 20.5.